The molecule has 2 heterocycles. The number of aromatic nitrogens is 1. The molecule has 2 rings (SSSR count). The Bertz CT molecular complexity index is 459. The Kier molecular flexibility index (Phi) is 5.99. The molecule has 1 aromatic heterocycles. The van der Waals surface area contributed by atoms with Gasteiger partial charge in [-0.2, -0.15) is 0 Å². The molecule has 0 aliphatic carbocycles. The molecule has 0 saturated carbocycles. The van der Waals surface area contributed by atoms with Gasteiger partial charge in [0.05, 0.1) is 11.3 Å². The zero-order valence-corrected chi connectivity index (χ0v) is 12.9. The van der Waals surface area contributed by atoms with Crippen molar-refractivity contribution < 1.29 is 9.53 Å². The molecule has 1 fully saturated rings. The third-order valence-electron chi connectivity index (χ3n) is 3.96. The SMILES string of the molecule is CCCNc1ccncc1C(=O)NC(C)C1CCOCC1. The van der Waals surface area contributed by atoms with Crippen molar-refractivity contribution in [3.63, 3.8) is 0 Å². The summed E-state index contributed by atoms with van der Waals surface area (Å²) in [5.41, 5.74) is 1.47. The molecule has 1 aliphatic rings. The number of nitrogens with one attached hydrogen (secondary N) is 2. The van der Waals surface area contributed by atoms with Crippen molar-refractivity contribution in [3.05, 3.63) is 24.0 Å². The lowest BCUT2D eigenvalue weighted by molar-refractivity contribution is 0.0538. The van der Waals surface area contributed by atoms with Gasteiger partial charge >= 0.3 is 0 Å². The van der Waals surface area contributed by atoms with Crippen LogP contribution in [0.15, 0.2) is 18.5 Å². The summed E-state index contributed by atoms with van der Waals surface area (Å²) in [6.07, 6.45) is 6.37. The number of anilines is 1. The zero-order chi connectivity index (χ0) is 15.1. The molecule has 5 heteroatoms. The maximum atomic E-state index is 12.5. The van der Waals surface area contributed by atoms with Gasteiger partial charge in [-0.1, -0.05) is 6.92 Å². The lowest BCUT2D eigenvalue weighted by Crippen LogP contribution is -2.40. The second-order valence-corrected chi connectivity index (χ2v) is 5.56. The average molecular weight is 291 g/mol. The van der Waals surface area contributed by atoms with Crippen LogP contribution in [0.1, 0.15) is 43.5 Å². The van der Waals surface area contributed by atoms with Crippen LogP contribution in [0, 0.1) is 5.92 Å². The van der Waals surface area contributed by atoms with Crippen LogP contribution in [-0.2, 0) is 4.74 Å². The monoisotopic (exact) mass is 291 g/mol. The number of rotatable bonds is 6. The first-order chi connectivity index (χ1) is 10.2. The molecule has 0 spiro atoms. The standard InChI is InChI=1S/C16H25N3O2/c1-3-7-18-15-4-8-17-11-14(15)16(20)19-12(2)13-5-9-21-10-6-13/h4,8,11-13H,3,5-7,9-10H2,1-2H3,(H,17,18)(H,19,20). The summed E-state index contributed by atoms with van der Waals surface area (Å²) in [7, 11) is 0. The number of pyridine rings is 1. The highest BCUT2D eigenvalue weighted by Gasteiger charge is 2.23. The maximum absolute atomic E-state index is 12.5. The van der Waals surface area contributed by atoms with E-state index in [9.17, 15) is 4.79 Å². The van der Waals surface area contributed by atoms with Gasteiger partial charge in [0, 0.05) is 38.2 Å². The van der Waals surface area contributed by atoms with E-state index in [4.69, 9.17) is 4.74 Å². The molecule has 1 unspecified atom stereocenters. The van der Waals surface area contributed by atoms with Gasteiger partial charge in [0.2, 0.25) is 0 Å². The van der Waals surface area contributed by atoms with Crippen LogP contribution < -0.4 is 10.6 Å². The molecular weight excluding hydrogens is 266 g/mol. The molecule has 1 saturated heterocycles. The van der Waals surface area contributed by atoms with Crippen LogP contribution >= 0.6 is 0 Å². The highest BCUT2D eigenvalue weighted by Crippen LogP contribution is 2.20. The van der Waals surface area contributed by atoms with Crippen LogP contribution in [-0.4, -0.2) is 36.7 Å². The van der Waals surface area contributed by atoms with Crippen molar-refractivity contribution >= 4 is 11.6 Å². The lowest BCUT2D eigenvalue weighted by atomic mass is 9.93. The van der Waals surface area contributed by atoms with Gasteiger partial charge in [0.15, 0.2) is 0 Å². The molecule has 1 aromatic rings. The van der Waals surface area contributed by atoms with Crippen LogP contribution in [0.4, 0.5) is 5.69 Å². The van der Waals surface area contributed by atoms with Crippen LogP contribution in [0.5, 0.6) is 0 Å². The second-order valence-electron chi connectivity index (χ2n) is 5.56. The summed E-state index contributed by atoms with van der Waals surface area (Å²) < 4.78 is 5.37. The highest BCUT2D eigenvalue weighted by atomic mass is 16.5. The van der Waals surface area contributed by atoms with Gasteiger partial charge < -0.3 is 15.4 Å². The second kappa shape index (κ2) is 7.98. The molecule has 2 N–H and O–H groups in total. The molecule has 1 atom stereocenters. The van der Waals surface area contributed by atoms with Crippen LogP contribution in [0.25, 0.3) is 0 Å². The Balaban J connectivity index is 1.98. The van der Waals surface area contributed by atoms with Gasteiger partial charge in [-0.15, -0.1) is 0 Å². The molecule has 0 bridgehead atoms. The van der Waals surface area contributed by atoms with Gasteiger partial charge in [-0.05, 0) is 38.2 Å². The van der Waals surface area contributed by atoms with Crippen molar-refractivity contribution in [2.45, 2.75) is 39.2 Å². The Labute approximate surface area is 126 Å². The van der Waals surface area contributed by atoms with Crippen molar-refractivity contribution in [3.8, 4) is 0 Å². The quantitative estimate of drug-likeness (QED) is 0.845. The minimum absolute atomic E-state index is 0.0549. The number of amides is 1. The largest absolute Gasteiger partial charge is 0.384 e. The fourth-order valence-corrected chi connectivity index (χ4v) is 2.61. The zero-order valence-electron chi connectivity index (χ0n) is 12.9. The molecule has 1 amide bonds. The van der Waals surface area contributed by atoms with Crippen molar-refractivity contribution in [1.82, 2.24) is 10.3 Å². The van der Waals surface area contributed by atoms with E-state index in [1.807, 2.05) is 6.07 Å². The minimum atomic E-state index is -0.0549. The highest BCUT2D eigenvalue weighted by molar-refractivity contribution is 5.99. The number of ether oxygens (including phenoxy) is 1. The molecule has 5 nitrogen and oxygen atoms in total. The number of carbonyl (C=O) groups is 1. The molecular formula is C16H25N3O2. The predicted octanol–water partition coefficient (Wildman–Crippen LogP) is 2.45. The summed E-state index contributed by atoms with van der Waals surface area (Å²) >= 11 is 0. The summed E-state index contributed by atoms with van der Waals surface area (Å²) in [6, 6.07) is 2.00. The third-order valence-corrected chi connectivity index (χ3v) is 3.96. The van der Waals surface area contributed by atoms with E-state index in [0.717, 1.165) is 44.7 Å². The van der Waals surface area contributed by atoms with Crippen molar-refractivity contribution in [2.75, 3.05) is 25.1 Å². The molecule has 0 radical (unpaired) electrons. The van der Waals surface area contributed by atoms with E-state index in [2.05, 4.69) is 29.5 Å². The average Bonchev–Trinajstić information content (AvgIpc) is 2.54. The van der Waals surface area contributed by atoms with Crippen molar-refractivity contribution in [2.24, 2.45) is 5.92 Å². The van der Waals surface area contributed by atoms with E-state index in [-0.39, 0.29) is 11.9 Å². The number of nitrogens with zero attached hydrogens (tertiary/aromatic N) is 1. The molecule has 21 heavy (non-hydrogen) atoms. The normalized spacial score (nSPS) is 17.2. The van der Waals surface area contributed by atoms with Crippen molar-refractivity contribution in [1.29, 1.82) is 0 Å². The first-order valence-electron chi connectivity index (χ1n) is 7.79. The van der Waals surface area contributed by atoms with Gasteiger partial charge in [-0.3, -0.25) is 9.78 Å². The smallest absolute Gasteiger partial charge is 0.255 e. The van der Waals surface area contributed by atoms with E-state index in [1.165, 1.54) is 0 Å². The maximum Gasteiger partial charge on any atom is 0.255 e. The summed E-state index contributed by atoms with van der Waals surface area (Å²) in [6.45, 7) is 6.60. The fourth-order valence-electron chi connectivity index (χ4n) is 2.61. The summed E-state index contributed by atoms with van der Waals surface area (Å²) in [5, 5.41) is 6.38. The van der Waals surface area contributed by atoms with Gasteiger partial charge in [0.1, 0.15) is 0 Å². The molecule has 1 aliphatic heterocycles. The topological polar surface area (TPSA) is 63.2 Å². The van der Waals surface area contributed by atoms with E-state index in [0.29, 0.717) is 11.5 Å². The predicted molar refractivity (Wildman–Crippen MR) is 83.5 cm³/mol. The Hall–Kier alpha value is -1.62. The Morgan fingerprint density at radius 2 is 2.24 bits per heavy atom. The lowest BCUT2D eigenvalue weighted by Gasteiger charge is -2.28. The molecule has 116 valence electrons. The molecule has 0 aromatic carbocycles. The van der Waals surface area contributed by atoms with E-state index in [1.54, 1.807) is 12.4 Å². The van der Waals surface area contributed by atoms with Gasteiger partial charge in [0.25, 0.3) is 5.91 Å². The number of hydrogen-bond acceptors (Lipinski definition) is 4. The van der Waals surface area contributed by atoms with E-state index >= 15 is 0 Å². The Morgan fingerprint density at radius 3 is 2.95 bits per heavy atom. The van der Waals surface area contributed by atoms with Crippen LogP contribution in [0.2, 0.25) is 0 Å². The van der Waals surface area contributed by atoms with Crippen LogP contribution in [0.3, 0.4) is 0 Å². The summed E-state index contributed by atoms with van der Waals surface area (Å²) in [4.78, 5) is 16.5. The first-order valence-corrected chi connectivity index (χ1v) is 7.79. The fraction of sp³-hybridized carbons (Fsp3) is 0.625. The first kappa shape index (κ1) is 15.8. The number of carbonyl (C=O) groups excluding carboxylic acids is 1. The van der Waals surface area contributed by atoms with E-state index < -0.39 is 0 Å². The van der Waals surface area contributed by atoms with Gasteiger partial charge in [-0.25, -0.2) is 0 Å². The Morgan fingerprint density at radius 1 is 1.48 bits per heavy atom. The third kappa shape index (κ3) is 4.43. The summed E-state index contributed by atoms with van der Waals surface area (Å²) in [5.74, 6) is 0.437. The minimum Gasteiger partial charge on any atom is -0.384 e. The number of hydrogen-bond donors (Lipinski definition) is 2.